The molecule has 2 nitrogen and oxygen atoms in total. The SMILES string of the molecule is CCCCC(CC)COC1CSC([Si](C(C)C)(C(C)C)C(C)C)C1C#N. The van der Waals surface area contributed by atoms with E-state index in [-0.39, 0.29) is 12.0 Å². The maximum Gasteiger partial charge on any atom is 0.0831 e. The van der Waals surface area contributed by atoms with Gasteiger partial charge in [0.15, 0.2) is 0 Å². The zero-order valence-corrected chi connectivity index (χ0v) is 20.4. The second kappa shape index (κ2) is 11.1. The van der Waals surface area contributed by atoms with Crippen molar-refractivity contribution < 1.29 is 4.74 Å². The summed E-state index contributed by atoms with van der Waals surface area (Å²) in [5.74, 6) is 1.73. The van der Waals surface area contributed by atoms with Gasteiger partial charge in [-0.05, 0) is 29.0 Å². The lowest BCUT2D eigenvalue weighted by atomic mass is 10.00. The number of rotatable bonds is 11. The first kappa shape index (κ1) is 24.1. The van der Waals surface area contributed by atoms with Gasteiger partial charge in [0.25, 0.3) is 0 Å². The van der Waals surface area contributed by atoms with Crippen molar-refractivity contribution in [1.29, 1.82) is 5.26 Å². The Morgan fingerprint density at radius 1 is 1.08 bits per heavy atom. The number of nitrogens with zero attached hydrogens (tertiary/aromatic N) is 1. The largest absolute Gasteiger partial charge is 0.376 e. The van der Waals surface area contributed by atoms with Crippen LogP contribution in [0.1, 0.15) is 81.1 Å². The smallest absolute Gasteiger partial charge is 0.0831 e. The first-order valence-corrected chi connectivity index (χ1v) is 14.3. The fourth-order valence-corrected chi connectivity index (χ4v) is 17.4. The summed E-state index contributed by atoms with van der Waals surface area (Å²) in [4.78, 5) is 0.508. The molecule has 4 heteroatoms. The van der Waals surface area contributed by atoms with Gasteiger partial charge in [0.2, 0.25) is 0 Å². The normalized spacial score (nSPS) is 25.2. The average Bonchev–Trinajstić information content (AvgIpc) is 2.97. The molecule has 1 aliphatic rings. The molecule has 0 amide bonds. The van der Waals surface area contributed by atoms with Crippen LogP contribution in [-0.2, 0) is 4.74 Å². The van der Waals surface area contributed by atoms with Gasteiger partial charge in [-0.3, -0.25) is 0 Å². The third-order valence-electron chi connectivity index (χ3n) is 6.90. The van der Waals surface area contributed by atoms with E-state index in [9.17, 15) is 5.26 Å². The van der Waals surface area contributed by atoms with Gasteiger partial charge >= 0.3 is 0 Å². The molecule has 0 aromatic carbocycles. The summed E-state index contributed by atoms with van der Waals surface area (Å²) in [5, 5.41) is 10.1. The van der Waals surface area contributed by atoms with Crippen molar-refractivity contribution in [1.82, 2.24) is 0 Å². The molecule has 1 saturated heterocycles. The van der Waals surface area contributed by atoms with Crippen LogP contribution < -0.4 is 0 Å². The molecule has 4 atom stereocenters. The lowest BCUT2D eigenvalue weighted by Gasteiger charge is -2.48. The van der Waals surface area contributed by atoms with E-state index in [4.69, 9.17) is 4.74 Å². The van der Waals surface area contributed by atoms with Gasteiger partial charge in [-0.1, -0.05) is 74.7 Å². The Kier molecular flexibility index (Phi) is 10.3. The number of thioether (sulfide) groups is 1. The molecule has 0 aromatic heterocycles. The third kappa shape index (κ3) is 5.09. The maximum atomic E-state index is 10.1. The summed E-state index contributed by atoms with van der Waals surface area (Å²) in [6.07, 6.45) is 5.12. The van der Waals surface area contributed by atoms with E-state index in [1.54, 1.807) is 0 Å². The van der Waals surface area contributed by atoms with Crippen LogP contribution in [0.4, 0.5) is 0 Å². The minimum atomic E-state index is -1.65. The molecular weight excluding hydrogens is 354 g/mol. The number of unbranched alkanes of at least 4 members (excludes halogenated alkanes) is 1. The minimum absolute atomic E-state index is 0.0718. The molecule has 1 rings (SSSR count). The number of nitriles is 1. The fraction of sp³-hybridized carbons (Fsp3) is 0.955. The molecule has 26 heavy (non-hydrogen) atoms. The highest BCUT2D eigenvalue weighted by Crippen LogP contribution is 2.53. The van der Waals surface area contributed by atoms with Crippen molar-refractivity contribution in [3.8, 4) is 6.07 Å². The van der Waals surface area contributed by atoms with Crippen LogP contribution in [0.3, 0.4) is 0 Å². The zero-order chi connectivity index (χ0) is 19.9. The predicted molar refractivity (Wildman–Crippen MR) is 119 cm³/mol. The monoisotopic (exact) mass is 397 g/mol. The molecule has 1 heterocycles. The van der Waals surface area contributed by atoms with Gasteiger partial charge in [-0.2, -0.15) is 17.0 Å². The first-order chi connectivity index (χ1) is 12.3. The lowest BCUT2D eigenvalue weighted by molar-refractivity contribution is 0.0245. The topological polar surface area (TPSA) is 33.0 Å². The second-order valence-corrected chi connectivity index (χ2v) is 16.8. The Morgan fingerprint density at radius 3 is 2.08 bits per heavy atom. The van der Waals surface area contributed by atoms with Crippen LogP contribution in [0.5, 0.6) is 0 Å². The van der Waals surface area contributed by atoms with E-state index < -0.39 is 8.07 Å². The van der Waals surface area contributed by atoms with Gasteiger partial charge in [-0.15, -0.1) is 0 Å². The van der Waals surface area contributed by atoms with Crippen molar-refractivity contribution in [3.05, 3.63) is 0 Å². The summed E-state index contributed by atoms with van der Waals surface area (Å²) in [6.45, 7) is 19.8. The molecule has 0 N–H and O–H groups in total. The number of hydrogen-bond acceptors (Lipinski definition) is 3. The van der Waals surface area contributed by atoms with Crippen molar-refractivity contribution in [2.45, 2.75) is 109 Å². The van der Waals surface area contributed by atoms with Crippen LogP contribution in [0, 0.1) is 23.2 Å². The molecule has 0 spiro atoms. The van der Waals surface area contributed by atoms with Gasteiger partial charge in [0.1, 0.15) is 0 Å². The van der Waals surface area contributed by atoms with Gasteiger partial charge in [0.05, 0.1) is 26.2 Å². The molecule has 0 bridgehead atoms. The molecule has 1 fully saturated rings. The van der Waals surface area contributed by atoms with Crippen molar-refractivity contribution in [2.75, 3.05) is 12.4 Å². The summed E-state index contributed by atoms with van der Waals surface area (Å²) >= 11 is 2.07. The van der Waals surface area contributed by atoms with Crippen molar-refractivity contribution >= 4 is 19.8 Å². The highest BCUT2D eigenvalue weighted by atomic mass is 32.2. The Bertz CT molecular complexity index is 424. The molecule has 0 radical (unpaired) electrons. The third-order valence-corrected chi connectivity index (χ3v) is 17.1. The standard InChI is InChI=1S/C22H43NOSSi/c1-9-11-12-19(10-2)14-24-21-15-25-22(20(21)13-23)26(16(3)4,17(5)6)18(7)8/h16-22H,9-12,14-15H2,1-8H3. The zero-order valence-electron chi connectivity index (χ0n) is 18.5. The summed E-state index contributed by atoms with van der Waals surface area (Å²) in [6, 6.07) is 2.71. The minimum Gasteiger partial charge on any atom is -0.376 e. The molecule has 0 aliphatic carbocycles. The second-order valence-electron chi connectivity index (χ2n) is 9.16. The summed E-state index contributed by atoms with van der Waals surface area (Å²) < 4.78 is 6.40. The van der Waals surface area contributed by atoms with Crippen LogP contribution in [-0.4, -0.2) is 31.4 Å². The molecule has 4 unspecified atom stereocenters. The van der Waals surface area contributed by atoms with Gasteiger partial charge < -0.3 is 4.74 Å². The Labute approximate surface area is 168 Å². The van der Waals surface area contributed by atoms with Crippen LogP contribution >= 0.6 is 11.8 Å². The van der Waals surface area contributed by atoms with Crippen LogP contribution in [0.25, 0.3) is 0 Å². The highest BCUT2D eigenvalue weighted by Gasteiger charge is 2.56. The Morgan fingerprint density at radius 2 is 1.65 bits per heavy atom. The fourth-order valence-electron chi connectivity index (χ4n) is 5.50. The van der Waals surface area contributed by atoms with Gasteiger partial charge in [0, 0.05) is 17.2 Å². The number of ether oxygens (including phenoxy) is 1. The van der Waals surface area contributed by atoms with E-state index in [1.165, 1.54) is 25.7 Å². The maximum absolute atomic E-state index is 10.1. The Hall–Kier alpha value is 0.0169. The molecule has 1 aliphatic heterocycles. The lowest BCUT2D eigenvalue weighted by Crippen LogP contribution is -2.56. The molecular formula is C22H43NOSSi. The molecule has 0 aromatic rings. The summed E-state index contributed by atoms with van der Waals surface area (Å²) in [7, 11) is -1.65. The summed E-state index contributed by atoms with van der Waals surface area (Å²) in [5.41, 5.74) is 2.09. The average molecular weight is 398 g/mol. The molecule has 0 saturated carbocycles. The van der Waals surface area contributed by atoms with Crippen molar-refractivity contribution in [2.24, 2.45) is 11.8 Å². The quantitative estimate of drug-likeness (QED) is 0.350. The highest BCUT2D eigenvalue weighted by molar-refractivity contribution is 8.02. The number of hydrogen-bond donors (Lipinski definition) is 0. The first-order valence-electron chi connectivity index (χ1n) is 10.9. The predicted octanol–water partition coefficient (Wildman–Crippen LogP) is 7.06. The molecule has 152 valence electrons. The van der Waals surface area contributed by atoms with Crippen LogP contribution in [0.2, 0.25) is 16.6 Å². The van der Waals surface area contributed by atoms with Gasteiger partial charge in [-0.25, -0.2) is 0 Å². The van der Waals surface area contributed by atoms with Crippen molar-refractivity contribution in [3.63, 3.8) is 0 Å². The van der Waals surface area contributed by atoms with E-state index in [1.807, 2.05) is 0 Å². The van der Waals surface area contributed by atoms with Crippen LogP contribution in [0.15, 0.2) is 0 Å². The van der Waals surface area contributed by atoms with E-state index >= 15 is 0 Å². The Balaban J connectivity index is 2.92. The van der Waals surface area contributed by atoms with E-state index in [2.05, 4.69) is 73.2 Å². The van der Waals surface area contributed by atoms with E-state index in [0.717, 1.165) is 12.4 Å². The van der Waals surface area contributed by atoms with E-state index in [0.29, 0.717) is 27.4 Å².